The highest BCUT2D eigenvalue weighted by atomic mass is 32.1. The molecule has 3 aromatic rings. The molecule has 0 aliphatic rings. The van der Waals surface area contributed by atoms with Gasteiger partial charge in [0.2, 0.25) is 5.52 Å². The molecule has 0 atom stereocenters. The Morgan fingerprint density at radius 2 is 1.78 bits per heavy atom. The molecule has 2 heterocycles. The lowest BCUT2D eigenvalue weighted by Gasteiger charge is -2.12. The molecule has 8 nitrogen and oxygen atoms in total. The van der Waals surface area contributed by atoms with Crippen molar-refractivity contribution in [2.24, 2.45) is 0 Å². The van der Waals surface area contributed by atoms with Crippen LogP contribution in [-0.2, 0) is 14.2 Å². The number of carbonyl (C=O) groups is 3. The lowest BCUT2D eigenvalue weighted by atomic mass is 10.1. The number of aromatic amines is 1. The van der Waals surface area contributed by atoms with Crippen LogP contribution in [0.25, 0.3) is 10.9 Å². The standard InChI is InChI=1S/C23H24N2O6S/c1-3-29-21(26)15-8-9-18-16(13-15)20(17(14-25-18)22(27)30-4-2)24-10-6-11-31-23(28)19-7-5-12-32-19/h5,7-9,12-14H,3-4,6,10-11H2,1-2H3,(H,24,25)/p+1. The topological polar surface area (TPSA) is 105 Å². The minimum Gasteiger partial charge on any atom is -0.462 e. The average molecular weight is 458 g/mol. The van der Waals surface area contributed by atoms with Gasteiger partial charge in [0.25, 0.3) is 0 Å². The summed E-state index contributed by atoms with van der Waals surface area (Å²) in [6, 6.07) is 8.59. The van der Waals surface area contributed by atoms with Gasteiger partial charge in [-0.1, -0.05) is 6.07 Å². The molecule has 9 heteroatoms. The fraction of sp³-hybridized carbons (Fsp3) is 0.304. The van der Waals surface area contributed by atoms with E-state index < -0.39 is 11.9 Å². The summed E-state index contributed by atoms with van der Waals surface area (Å²) in [5, 5.41) is 5.71. The zero-order valence-electron chi connectivity index (χ0n) is 17.9. The first kappa shape index (κ1) is 23.2. The van der Waals surface area contributed by atoms with E-state index >= 15 is 0 Å². The maximum Gasteiger partial charge on any atom is 0.348 e. The number of pyridine rings is 1. The summed E-state index contributed by atoms with van der Waals surface area (Å²) in [6.07, 6.45) is 2.10. The van der Waals surface area contributed by atoms with Crippen molar-refractivity contribution in [3.05, 3.63) is 57.9 Å². The van der Waals surface area contributed by atoms with E-state index in [0.717, 1.165) is 5.52 Å². The summed E-state index contributed by atoms with van der Waals surface area (Å²) in [4.78, 5) is 40.3. The zero-order chi connectivity index (χ0) is 22.9. The van der Waals surface area contributed by atoms with E-state index in [9.17, 15) is 14.4 Å². The summed E-state index contributed by atoms with van der Waals surface area (Å²) < 4.78 is 15.5. The van der Waals surface area contributed by atoms with Crippen LogP contribution in [0.2, 0.25) is 0 Å². The molecule has 0 bridgehead atoms. The second kappa shape index (κ2) is 11.2. The molecule has 0 saturated heterocycles. The molecule has 0 saturated carbocycles. The van der Waals surface area contributed by atoms with E-state index in [1.807, 2.05) is 5.38 Å². The lowest BCUT2D eigenvalue weighted by Crippen LogP contribution is -2.18. The van der Waals surface area contributed by atoms with Crippen molar-refractivity contribution in [1.29, 1.82) is 0 Å². The zero-order valence-corrected chi connectivity index (χ0v) is 18.8. The summed E-state index contributed by atoms with van der Waals surface area (Å²) >= 11 is 1.33. The first-order valence-electron chi connectivity index (χ1n) is 10.3. The highest BCUT2D eigenvalue weighted by Gasteiger charge is 2.21. The molecule has 32 heavy (non-hydrogen) atoms. The number of esters is 3. The van der Waals surface area contributed by atoms with Gasteiger partial charge in [0, 0.05) is 12.6 Å². The largest absolute Gasteiger partial charge is 0.462 e. The minimum atomic E-state index is -0.487. The SMILES string of the molecule is CCOC(=O)c1ccc2[nH+]cc(C(=O)OCC)c(NCCCOC(=O)c3cccs3)c2c1. The van der Waals surface area contributed by atoms with Gasteiger partial charge in [0.15, 0.2) is 6.20 Å². The van der Waals surface area contributed by atoms with Crippen molar-refractivity contribution < 1.29 is 33.6 Å². The number of benzene rings is 1. The fourth-order valence-electron chi connectivity index (χ4n) is 3.06. The van der Waals surface area contributed by atoms with Crippen molar-refractivity contribution in [1.82, 2.24) is 0 Å². The Kier molecular flexibility index (Phi) is 8.15. The highest BCUT2D eigenvalue weighted by Crippen LogP contribution is 2.26. The second-order valence-electron chi connectivity index (χ2n) is 6.67. The van der Waals surface area contributed by atoms with E-state index in [4.69, 9.17) is 14.2 Å². The Hall–Kier alpha value is -3.46. The quantitative estimate of drug-likeness (QED) is 0.281. The maximum absolute atomic E-state index is 12.5. The number of anilines is 1. The number of rotatable bonds is 10. The Bertz CT molecular complexity index is 1090. The molecule has 2 N–H and O–H groups in total. The van der Waals surface area contributed by atoms with E-state index in [0.29, 0.717) is 40.0 Å². The van der Waals surface area contributed by atoms with Gasteiger partial charge < -0.3 is 19.5 Å². The number of fused-ring (bicyclic) bond motifs is 1. The monoisotopic (exact) mass is 457 g/mol. The normalized spacial score (nSPS) is 10.6. The summed E-state index contributed by atoms with van der Waals surface area (Å²) in [5.74, 6) is -1.28. The third-order valence-electron chi connectivity index (χ3n) is 4.52. The van der Waals surface area contributed by atoms with Crippen molar-refractivity contribution in [3.8, 4) is 0 Å². The number of H-pyrrole nitrogens is 1. The van der Waals surface area contributed by atoms with Crippen molar-refractivity contribution in [2.75, 3.05) is 31.7 Å². The molecule has 2 aromatic heterocycles. The van der Waals surface area contributed by atoms with Crippen LogP contribution < -0.4 is 10.3 Å². The van der Waals surface area contributed by atoms with E-state index in [1.165, 1.54) is 11.3 Å². The lowest BCUT2D eigenvalue weighted by molar-refractivity contribution is -0.344. The number of thiophene rings is 1. The van der Waals surface area contributed by atoms with Crippen LogP contribution >= 0.6 is 11.3 Å². The Balaban J connectivity index is 1.78. The molecule has 0 aliphatic heterocycles. The van der Waals surface area contributed by atoms with E-state index in [1.54, 1.807) is 50.4 Å². The van der Waals surface area contributed by atoms with E-state index in [2.05, 4.69) is 10.3 Å². The smallest absolute Gasteiger partial charge is 0.348 e. The second-order valence-corrected chi connectivity index (χ2v) is 7.62. The number of hydrogen-bond donors (Lipinski definition) is 1. The van der Waals surface area contributed by atoms with Crippen molar-refractivity contribution in [2.45, 2.75) is 20.3 Å². The van der Waals surface area contributed by atoms with Crippen LogP contribution in [-0.4, -0.2) is 44.3 Å². The third kappa shape index (κ3) is 5.61. The van der Waals surface area contributed by atoms with Crippen LogP contribution in [0.3, 0.4) is 0 Å². The number of hydrogen-bond acceptors (Lipinski definition) is 8. The van der Waals surface area contributed by atoms with Crippen LogP contribution in [0.1, 0.15) is 50.7 Å². The molecule has 0 unspecified atom stereocenters. The first-order valence-corrected chi connectivity index (χ1v) is 11.2. The van der Waals surface area contributed by atoms with Crippen molar-refractivity contribution in [3.63, 3.8) is 0 Å². The van der Waals surface area contributed by atoms with Gasteiger partial charge in [0.05, 0.1) is 36.5 Å². The number of aromatic nitrogens is 1. The molecule has 3 rings (SSSR count). The molecule has 1 aromatic carbocycles. The van der Waals surface area contributed by atoms with Gasteiger partial charge in [-0.25, -0.2) is 19.4 Å². The van der Waals surface area contributed by atoms with Crippen LogP contribution in [0.5, 0.6) is 0 Å². The Morgan fingerprint density at radius 3 is 2.50 bits per heavy atom. The van der Waals surface area contributed by atoms with Gasteiger partial charge in [-0.3, -0.25) is 0 Å². The molecular formula is C23H25N2O6S+. The predicted molar refractivity (Wildman–Crippen MR) is 120 cm³/mol. The molecule has 0 spiro atoms. The molecule has 0 amide bonds. The molecule has 0 aliphatic carbocycles. The molecule has 168 valence electrons. The van der Waals surface area contributed by atoms with Crippen LogP contribution in [0, 0.1) is 0 Å². The van der Waals surface area contributed by atoms with Gasteiger partial charge in [-0.15, -0.1) is 11.3 Å². The molecule has 0 fully saturated rings. The molecular weight excluding hydrogens is 432 g/mol. The molecule has 0 radical (unpaired) electrons. The first-order chi connectivity index (χ1) is 15.5. The Labute approximate surface area is 189 Å². The number of ether oxygens (including phenoxy) is 3. The van der Waals surface area contributed by atoms with Crippen LogP contribution in [0.4, 0.5) is 5.69 Å². The predicted octanol–water partition coefficient (Wildman–Crippen LogP) is 3.73. The minimum absolute atomic E-state index is 0.226. The maximum atomic E-state index is 12.5. The highest BCUT2D eigenvalue weighted by molar-refractivity contribution is 7.11. The van der Waals surface area contributed by atoms with E-state index in [-0.39, 0.29) is 25.8 Å². The van der Waals surface area contributed by atoms with Gasteiger partial charge in [-0.05, 0) is 43.8 Å². The van der Waals surface area contributed by atoms with Gasteiger partial charge in [-0.2, -0.15) is 0 Å². The summed E-state index contributed by atoms with van der Waals surface area (Å²) in [6.45, 7) is 4.63. The van der Waals surface area contributed by atoms with Gasteiger partial charge >= 0.3 is 17.9 Å². The fourth-order valence-corrected chi connectivity index (χ4v) is 3.68. The number of carbonyl (C=O) groups excluding carboxylic acids is 3. The number of nitrogens with one attached hydrogen (secondary N) is 2. The van der Waals surface area contributed by atoms with Crippen LogP contribution in [0.15, 0.2) is 41.9 Å². The van der Waals surface area contributed by atoms with Crippen molar-refractivity contribution >= 4 is 45.8 Å². The Morgan fingerprint density at radius 1 is 1.00 bits per heavy atom. The summed E-state index contributed by atoms with van der Waals surface area (Å²) in [7, 11) is 0. The third-order valence-corrected chi connectivity index (χ3v) is 5.37. The summed E-state index contributed by atoms with van der Waals surface area (Å²) in [5.41, 5.74) is 1.96. The average Bonchev–Trinajstić information content (AvgIpc) is 3.33. The van der Waals surface area contributed by atoms with Gasteiger partial charge in [0.1, 0.15) is 10.4 Å².